The maximum atomic E-state index is 11.8. The van der Waals surface area contributed by atoms with Crippen LogP contribution in [0.2, 0.25) is 10.2 Å². The van der Waals surface area contributed by atoms with E-state index in [1.54, 1.807) is 6.92 Å². The molecule has 0 saturated carbocycles. The van der Waals surface area contributed by atoms with Crippen LogP contribution in [-0.4, -0.2) is 19.4 Å². The molecule has 0 spiro atoms. The van der Waals surface area contributed by atoms with Gasteiger partial charge in [0, 0.05) is 12.2 Å². The molecule has 0 saturated heterocycles. The normalized spacial score (nSPS) is 13.8. The Morgan fingerprint density at radius 3 is 2.62 bits per heavy atom. The summed E-state index contributed by atoms with van der Waals surface area (Å²) < 4.78 is 26.1. The summed E-state index contributed by atoms with van der Waals surface area (Å²) >= 11 is 11.3. The number of rotatable bonds is 4. The number of sulfonamides is 1. The lowest BCUT2D eigenvalue weighted by atomic mass is 10.3. The number of halogens is 2. The molecular formula is C9H12Cl2N2O2S. The van der Waals surface area contributed by atoms with Crippen molar-refractivity contribution in [1.29, 1.82) is 0 Å². The second-order valence-corrected chi connectivity index (χ2v) is 5.85. The Kier molecular flexibility index (Phi) is 4.55. The van der Waals surface area contributed by atoms with E-state index in [1.807, 2.05) is 6.92 Å². The predicted molar refractivity (Wildman–Crippen MR) is 64.3 cm³/mol. The molecule has 90 valence electrons. The minimum absolute atomic E-state index is 0.0159. The van der Waals surface area contributed by atoms with E-state index in [-0.39, 0.29) is 21.1 Å². The summed E-state index contributed by atoms with van der Waals surface area (Å²) in [5, 5.41) is 0.206. The number of hydrogen-bond acceptors (Lipinski definition) is 3. The minimum atomic E-state index is -3.57. The Labute approximate surface area is 105 Å². The molecule has 0 aliphatic carbocycles. The number of nitrogens with zero attached hydrogens (tertiary/aromatic N) is 1. The summed E-state index contributed by atoms with van der Waals surface area (Å²) in [6.45, 7) is 3.67. The third-order valence-electron chi connectivity index (χ3n) is 2.05. The van der Waals surface area contributed by atoms with Crippen LogP contribution in [0.5, 0.6) is 0 Å². The first-order chi connectivity index (χ1) is 7.36. The van der Waals surface area contributed by atoms with E-state index < -0.39 is 10.0 Å². The Morgan fingerprint density at radius 2 is 2.12 bits per heavy atom. The number of aromatic nitrogens is 1. The summed E-state index contributed by atoms with van der Waals surface area (Å²) in [5.41, 5.74) is 0. The van der Waals surface area contributed by atoms with Gasteiger partial charge in [0.25, 0.3) is 0 Å². The highest BCUT2D eigenvalue weighted by molar-refractivity contribution is 7.89. The van der Waals surface area contributed by atoms with Crippen LogP contribution in [0.15, 0.2) is 17.2 Å². The summed E-state index contributed by atoms with van der Waals surface area (Å²) in [6.07, 6.45) is 1.88. The van der Waals surface area contributed by atoms with Crippen LogP contribution in [0.25, 0.3) is 0 Å². The van der Waals surface area contributed by atoms with E-state index in [0.717, 1.165) is 0 Å². The van der Waals surface area contributed by atoms with Crippen molar-refractivity contribution in [3.05, 3.63) is 22.4 Å². The molecule has 0 fully saturated rings. The molecule has 0 aliphatic heterocycles. The molecule has 16 heavy (non-hydrogen) atoms. The largest absolute Gasteiger partial charge is 0.242 e. The van der Waals surface area contributed by atoms with Crippen molar-refractivity contribution in [1.82, 2.24) is 9.71 Å². The first-order valence-electron chi connectivity index (χ1n) is 4.70. The molecule has 1 atom stereocenters. The molecule has 0 radical (unpaired) electrons. The van der Waals surface area contributed by atoms with E-state index >= 15 is 0 Å². The summed E-state index contributed by atoms with van der Waals surface area (Å²) in [7, 11) is -3.57. The van der Waals surface area contributed by atoms with Crippen molar-refractivity contribution in [3.63, 3.8) is 0 Å². The standard InChI is InChI=1S/C9H12Cl2N2O2S/c1-3-6(2)13-16(14,15)7-4-8(10)9(11)12-5-7/h4-6,13H,3H2,1-2H3. The monoisotopic (exact) mass is 282 g/mol. The molecule has 1 aromatic rings. The Hall–Kier alpha value is -0.360. The van der Waals surface area contributed by atoms with Crippen LogP contribution in [0, 0.1) is 0 Å². The van der Waals surface area contributed by atoms with Gasteiger partial charge in [-0.25, -0.2) is 18.1 Å². The molecule has 1 rings (SSSR count). The molecule has 0 aromatic carbocycles. The van der Waals surface area contributed by atoms with Crippen molar-refractivity contribution in [2.75, 3.05) is 0 Å². The zero-order valence-electron chi connectivity index (χ0n) is 8.87. The van der Waals surface area contributed by atoms with Gasteiger partial charge in [-0.05, 0) is 19.4 Å². The fourth-order valence-corrected chi connectivity index (χ4v) is 2.60. The van der Waals surface area contributed by atoms with Gasteiger partial charge in [-0.2, -0.15) is 0 Å². The van der Waals surface area contributed by atoms with Crippen molar-refractivity contribution < 1.29 is 8.42 Å². The van der Waals surface area contributed by atoms with Crippen LogP contribution in [-0.2, 0) is 10.0 Å². The fourth-order valence-electron chi connectivity index (χ4n) is 0.967. The Balaban J connectivity index is 3.03. The minimum Gasteiger partial charge on any atom is -0.242 e. The topological polar surface area (TPSA) is 59.1 Å². The van der Waals surface area contributed by atoms with Crippen LogP contribution in [0.1, 0.15) is 20.3 Å². The van der Waals surface area contributed by atoms with E-state index in [4.69, 9.17) is 23.2 Å². The molecule has 1 heterocycles. The zero-order valence-corrected chi connectivity index (χ0v) is 11.2. The Bertz CT molecular complexity index is 476. The van der Waals surface area contributed by atoms with Gasteiger partial charge in [-0.15, -0.1) is 0 Å². The molecule has 0 aliphatic rings. The van der Waals surface area contributed by atoms with Gasteiger partial charge in [0.2, 0.25) is 10.0 Å². The van der Waals surface area contributed by atoms with Crippen LogP contribution < -0.4 is 4.72 Å². The molecule has 0 amide bonds. The number of pyridine rings is 1. The fraction of sp³-hybridized carbons (Fsp3) is 0.444. The Morgan fingerprint density at radius 1 is 1.50 bits per heavy atom. The first-order valence-corrected chi connectivity index (χ1v) is 6.94. The van der Waals surface area contributed by atoms with E-state index in [9.17, 15) is 8.42 Å². The van der Waals surface area contributed by atoms with Crippen molar-refractivity contribution >= 4 is 33.2 Å². The second-order valence-electron chi connectivity index (χ2n) is 3.37. The molecular weight excluding hydrogens is 271 g/mol. The molecule has 1 N–H and O–H groups in total. The molecule has 4 nitrogen and oxygen atoms in total. The van der Waals surface area contributed by atoms with Crippen molar-refractivity contribution in [3.8, 4) is 0 Å². The van der Waals surface area contributed by atoms with Gasteiger partial charge < -0.3 is 0 Å². The SMILES string of the molecule is CCC(C)NS(=O)(=O)c1cnc(Cl)c(Cl)c1. The molecule has 0 bridgehead atoms. The highest BCUT2D eigenvalue weighted by Crippen LogP contribution is 2.22. The first kappa shape index (κ1) is 13.7. The highest BCUT2D eigenvalue weighted by atomic mass is 35.5. The molecule has 1 unspecified atom stereocenters. The third-order valence-corrected chi connectivity index (χ3v) is 4.29. The van der Waals surface area contributed by atoms with Crippen LogP contribution >= 0.6 is 23.2 Å². The quantitative estimate of drug-likeness (QED) is 0.863. The number of nitrogens with one attached hydrogen (secondary N) is 1. The van der Waals surface area contributed by atoms with Gasteiger partial charge >= 0.3 is 0 Å². The van der Waals surface area contributed by atoms with E-state index in [1.165, 1.54) is 12.3 Å². The lowest BCUT2D eigenvalue weighted by Crippen LogP contribution is -2.32. The summed E-state index contributed by atoms with van der Waals surface area (Å²) in [4.78, 5) is 3.71. The van der Waals surface area contributed by atoms with E-state index in [0.29, 0.717) is 6.42 Å². The maximum absolute atomic E-state index is 11.8. The van der Waals surface area contributed by atoms with E-state index in [2.05, 4.69) is 9.71 Å². The van der Waals surface area contributed by atoms with Crippen molar-refractivity contribution in [2.24, 2.45) is 0 Å². The maximum Gasteiger partial charge on any atom is 0.242 e. The lowest BCUT2D eigenvalue weighted by Gasteiger charge is -2.11. The average Bonchev–Trinajstić information content (AvgIpc) is 2.21. The third kappa shape index (κ3) is 3.31. The van der Waals surface area contributed by atoms with Gasteiger partial charge in [-0.1, -0.05) is 30.1 Å². The summed E-state index contributed by atoms with van der Waals surface area (Å²) in [5.74, 6) is 0. The predicted octanol–water partition coefficient (Wildman–Crippen LogP) is 2.47. The van der Waals surface area contributed by atoms with Crippen LogP contribution in [0.4, 0.5) is 0 Å². The average molecular weight is 283 g/mol. The van der Waals surface area contributed by atoms with Gasteiger partial charge in [0.05, 0.1) is 5.02 Å². The van der Waals surface area contributed by atoms with Crippen molar-refractivity contribution in [2.45, 2.75) is 31.2 Å². The second kappa shape index (κ2) is 5.31. The summed E-state index contributed by atoms with van der Waals surface area (Å²) in [6, 6.07) is 1.14. The smallest absolute Gasteiger partial charge is 0.242 e. The highest BCUT2D eigenvalue weighted by Gasteiger charge is 2.18. The zero-order chi connectivity index (χ0) is 12.3. The lowest BCUT2D eigenvalue weighted by molar-refractivity contribution is 0.555. The molecule has 7 heteroatoms. The van der Waals surface area contributed by atoms with Gasteiger partial charge in [0.1, 0.15) is 10.0 Å². The number of hydrogen-bond donors (Lipinski definition) is 1. The van der Waals surface area contributed by atoms with Crippen LogP contribution in [0.3, 0.4) is 0 Å². The molecule has 1 aromatic heterocycles. The van der Waals surface area contributed by atoms with Gasteiger partial charge in [-0.3, -0.25) is 0 Å². The van der Waals surface area contributed by atoms with Gasteiger partial charge in [0.15, 0.2) is 0 Å².